The first-order valence-electron chi connectivity index (χ1n) is 6.69. The van der Waals surface area contributed by atoms with Crippen molar-refractivity contribution >= 4 is 27.0 Å². The molecule has 0 radical (unpaired) electrons. The number of imidazole rings is 1. The lowest BCUT2D eigenvalue weighted by molar-refractivity contribution is 0.590. The van der Waals surface area contributed by atoms with Gasteiger partial charge in [0.25, 0.3) is 0 Å². The van der Waals surface area contributed by atoms with E-state index in [0.717, 1.165) is 21.2 Å². The lowest BCUT2D eigenvalue weighted by Gasteiger charge is -2.19. The van der Waals surface area contributed by atoms with Gasteiger partial charge in [0.15, 0.2) is 0 Å². The molecule has 0 spiro atoms. The Bertz CT molecular complexity index is 749. The fraction of sp³-hybridized carbons (Fsp3) is 0.235. The van der Waals surface area contributed by atoms with Crippen LogP contribution in [-0.4, -0.2) is 9.55 Å². The van der Waals surface area contributed by atoms with E-state index < -0.39 is 0 Å². The summed E-state index contributed by atoms with van der Waals surface area (Å²) in [6.07, 6.45) is 1.88. The molecule has 0 N–H and O–H groups in total. The normalized spacial score (nSPS) is 12.0. The second kappa shape index (κ2) is 4.74. The smallest absolute Gasteiger partial charge is 0.100 e. The highest BCUT2D eigenvalue weighted by Crippen LogP contribution is 2.27. The van der Waals surface area contributed by atoms with Crippen LogP contribution in [0.25, 0.3) is 16.7 Å². The van der Waals surface area contributed by atoms with E-state index >= 15 is 0 Å². The molecule has 0 amide bonds. The van der Waals surface area contributed by atoms with E-state index in [1.807, 2.05) is 24.5 Å². The SMILES string of the molecule is CC(C)(C)c1ccc(-n2cnc3cccc(Br)c32)cc1. The van der Waals surface area contributed by atoms with Gasteiger partial charge in [-0.2, -0.15) is 0 Å². The van der Waals surface area contributed by atoms with Crippen molar-refractivity contribution in [3.05, 3.63) is 58.8 Å². The fourth-order valence-corrected chi connectivity index (χ4v) is 2.89. The monoisotopic (exact) mass is 328 g/mol. The van der Waals surface area contributed by atoms with Crippen LogP contribution in [0.15, 0.2) is 53.3 Å². The third-order valence-electron chi connectivity index (χ3n) is 3.53. The molecule has 3 aromatic rings. The molecule has 102 valence electrons. The predicted octanol–water partition coefficient (Wildman–Crippen LogP) is 5.09. The summed E-state index contributed by atoms with van der Waals surface area (Å²) in [5.41, 5.74) is 4.75. The average molecular weight is 329 g/mol. The maximum absolute atomic E-state index is 4.46. The molecule has 0 unspecified atom stereocenters. The third-order valence-corrected chi connectivity index (χ3v) is 4.17. The number of hydrogen-bond donors (Lipinski definition) is 0. The second-order valence-electron chi connectivity index (χ2n) is 6.02. The number of para-hydroxylation sites is 1. The minimum atomic E-state index is 0.177. The molecule has 1 heterocycles. The van der Waals surface area contributed by atoms with Crippen LogP contribution in [0.1, 0.15) is 26.3 Å². The Morgan fingerprint density at radius 1 is 1.00 bits per heavy atom. The van der Waals surface area contributed by atoms with Gasteiger partial charge in [-0.1, -0.05) is 39.0 Å². The Labute approximate surface area is 127 Å². The molecular formula is C17H17BrN2. The van der Waals surface area contributed by atoms with E-state index in [-0.39, 0.29) is 5.41 Å². The van der Waals surface area contributed by atoms with Crippen molar-refractivity contribution < 1.29 is 0 Å². The summed E-state index contributed by atoms with van der Waals surface area (Å²) in [6, 6.07) is 14.8. The topological polar surface area (TPSA) is 17.8 Å². The number of hydrogen-bond acceptors (Lipinski definition) is 1. The van der Waals surface area contributed by atoms with Crippen LogP contribution in [0.5, 0.6) is 0 Å². The summed E-state index contributed by atoms with van der Waals surface area (Å²) in [6.45, 7) is 6.68. The highest BCUT2D eigenvalue weighted by Gasteiger charge is 2.14. The van der Waals surface area contributed by atoms with Crippen molar-refractivity contribution in [2.75, 3.05) is 0 Å². The van der Waals surface area contributed by atoms with E-state index in [1.54, 1.807) is 0 Å². The van der Waals surface area contributed by atoms with Crippen molar-refractivity contribution in [2.24, 2.45) is 0 Å². The Morgan fingerprint density at radius 3 is 2.35 bits per heavy atom. The summed E-state index contributed by atoms with van der Waals surface area (Å²) in [5, 5.41) is 0. The number of aromatic nitrogens is 2. The van der Waals surface area contributed by atoms with E-state index in [4.69, 9.17) is 0 Å². The molecule has 3 heteroatoms. The van der Waals surface area contributed by atoms with E-state index in [0.29, 0.717) is 0 Å². The summed E-state index contributed by atoms with van der Waals surface area (Å²) in [7, 11) is 0. The zero-order valence-electron chi connectivity index (χ0n) is 11.9. The number of benzene rings is 2. The second-order valence-corrected chi connectivity index (χ2v) is 6.87. The summed E-state index contributed by atoms with van der Waals surface area (Å²) in [4.78, 5) is 4.46. The molecule has 20 heavy (non-hydrogen) atoms. The van der Waals surface area contributed by atoms with Crippen molar-refractivity contribution in [2.45, 2.75) is 26.2 Å². The van der Waals surface area contributed by atoms with Crippen molar-refractivity contribution in [1.29, 1.82) is 0 Å². The molecule has 0 saturated heterocycles. The number of rotatable bonds is 1. The highest BCUT2D eigenvalue weighted by atomic mass is 79.9. The molecule has 0 aliphatic rings. The molecule has 0 aliphatic carbocycles. The highest BCUT2D eigenvalue weighted by molar-refractivity contribution is 9.10. The Morgan fingerprint density at radius 2 is 1.70 bits per heavy atom. The number of halogens is 1. The van der Waals surface area contributed by atoms with Gasteiger partial charge in [0.1, 0.15) is 6.33 Å². The van der Waals surface area contributed by atoms with Crippen LogP contribution >= 0.6 is 15.9 Å². The van der Waals surface area contributed by atoms with Crippen molar-refractivity contribution in [3.63, 3.8) is 0 Å². The molecule has 0 saturated carbocycles. The predicted molar refractivity (Wildman–Crippen MR) is 87.5 cm³/mol. The van der Waals surface area contributed by atoms with E-state index in [1.165, 1.54) is 5.56 Å². The van der Waals surface area contributed by atoms with Gasteiger partial charge in [-0.3, -0.25) is 4.57 Å². The number of fused-ring (bicyclic) bond motifs is 1. The van der Waals surface area contributed by atoms with E-state index in [2.05, 4.69) is 70.5 Å². The zero-order valence-corrected chi connectivity index (χ0v) is 13.5. The molecule has 1 aromatic heterocycles. The standard InChI is InChI=1S/C17H17BrN2/c1-17(2,3)12-7-9-13(10-8-12)20-11-19-15-6-4-5-14(18)16(15)20/h4-11H,1-3H3. The lowest BCUT2D eigenvalue weighted by atomic mass is 9.87. The van der Waals surface area contributed by atoms with Gasteiger partial charge in [-0.05, 0) is 51.2 Å². The van der Waals surface area contributed by atoms with Gasteiger partial charge in [0, 0.05) is 10.2 Å². The summed E-state index contributed by atoms with van der Waals surface area (Å²) < 4.78 is 3.18. The van der Waals surface area contributed by atoms with Crippen LogP contribution < -0.4 is 0 Å². The van der Waals surface area contributed by atoms with Crippen LogP contribution in [0.3, 0.4) is 0 Å². The van der Waals surface area contributed by atoms with Crippen LogP contribution in [0, 0.1) is 0 Å². The van der Waals surface area contributed by atoms with Gasteiger partial charge in [0.2, 0.25) is 0 Å². The van der Waals surface area contributed by atoms with Gasteiger partial charge < -0.3 is 0 Å². The molecule has 2 nitrogen and oxygen atoms in total. The Kier molecular flexibility index (Phi) is 3.17. The molecule has 0 bridgehead atoms. The lowest BCUT2D eigenvalue weighted by Crippen LogP contribution is -2.10. The van der Waals surface area contributed by atoms with Crippen LogP contribution in [0.2, 0.25) is 0 Å². The largest absolute Gasteiger partial charge is 0.298 e. The van der Waals surface area contributed by atoms with Crippen LogP contribution in [0.4, 0.5) is 0 Å². The first-order chi connectivity index (χ1) is 9.47. The fourth-order valence-electron chi connectivity index (χ4n) is 2.34. The molecule has 3 rings (SSSR count). The zero-order chi connectivity index (χ0) is 14.3. The van der Waals surface area contributed by atoms with E-state index in [9.17, 15) is 0 Å². The minimum Gasteiger partial charge on any atom is -0.298 e. The quantitative estimate of drug-likeness (QED) is 0.608. The Hall–Kier alpha value is -1.61. The molecular weight excluding hydrogens is 312 g/mol. The van der Waals surface area contributed by atoms with Gasteiger partial charge in [-0.25, -0.2) is 4.98 Å². The first-order valence-corrected chi connectivity index (χ1v) is 7.48. The van der Waals surface area contributed by atoms with Gasteiger partial charge in [0.05, 0.1) is 11.0 Å². The van der Waals surface area contributed by atoms with Crippen molar-refractivity contribution in [1.82, 2.24) is 9.55 Å². The maximum Gasteiger partial charge on any atom is 0.100 e. The summed E-state index contributed by atoms with van der Waals surface area (Å²) in [5.74, 6) is 0. The average Bonchev–Trinajstić information content (AvgIpc) is 2.83. The van der Waals surface area contributed by atoms with Gasteiger partial charge >= 0.3 is 0 Å². The summed E-state index contributed by atoms with van der Waals surface area (Å²) >= 11 is 3.61. The molecule has 0 aliphatic heterocycles. The van der Waals surface area contributed by atoms with Crippen molar-refractivity contribution in [3.8, 4) is 5.69 Å². The third kappa shape index (κ3) is 2.27. The Balaban J connectivity index is 2.12. The van der Waals surface area contributed by atoms with Crippen LogP contribution in [-0.2, 0) is 5.41 Å². The molecule has 0 fully saturated rings. The first kappa shape index (κ1) is 13.4. The minimum absolute atomic E-state index is 0.177. The molecule has 2 aromatic carbocycles. The number of nitrogens with zero attached hydrogens (tertiary/aromatic N) is 2. The maximum atomic E-state index is 4.46. The van der Waals surface area contributed by atoms with Gasteiger partial charge in [-0.15, -0.1) is 0 Å². The molecule has 0 atom stereocenters.